The second-order valence-electron chi connectivity index (χ2n) is 5.37. The molecule has 0 saturated carbocycles. The molecule has 0 aliphatic carbocycles. The van der Waals surface area contributed by atoms with Gasteiger partial charge in [0, 0.05) is 5.02 Å². The van der Waals surface area contributed by atoms with Crippen molar-refractivity contribution in [3.63, 3.8) is 0 Å². The molecule has 0 bridgehead atoms. The first-order valence-corrected chi connectivity index (χ1v) is 7.98. The number of anilines is 1. The number of hydrogen-bond acceptors (Lipinski definition) is 4. The van der Waals surface area contributed by atoms with E-state index in [2.05, 4.69) is 15.4 Å². The Bertz CT molecular complexity index is 942. The first-order chi connectivity index (χ1) is 12.8. The minimum absolute atomic E-state index is 0.129. The van der Waals surface area contributed by atoms with Gasteiger partial charge in [-0.25, -0.2) is 0 Å². The average molecular weight is 397 g/mol. The summed E-state index contributed by atoms with van der Waals surface area (Å²) in [6.45, 7) is 0.181. The Morgan fingerprint density at radius 3 is 2.52 bits per heavy atom. The van der Waals surface area contributed by atoms with Gasteiger partial charge in [0.25, 0.3) is 5.91 Å². The molecule has 0 spiro atoms. The van der Waals surface area contributed by atoms with Crippen molar-refractivity contribution in [3.05, 3.63) is 70.5 Å². The molecule has 0 fully saturated rings. The number of amides is 1. The van der Waals surface area contributed by atoms with Crippen molar-refractivity contribution in [2.45, 2.75) is 12.8 Å². The van der Waals surface area contributed by atoms with Crippen LogP contribution in [0.2, 0.25) is 5.02 Å². The van der Waals surface area contributed by atoms with Crippen molar-refractivity contribution in [1.29, 1.82) is 0 Å². The number of aromatic amines is 1. The maximum Gasteiger partial charge on any atom is 0.451 e. The Balaban J connectivity index is 1.71. The number of rotatable bonds is 5. The molecule has 10 heteroatoms. The van der Waals surface area contributed by atoms with Crippen molar-refractivity contribution in [2.24, 2.45) is 0 Å². The highest BCUT2D eigenvalue weighted by atomic mass is 35.5. The zero-order valence-electron chi connectivity index (χ0n) is 13.5. The first kappa shape index (κ1) is 18.7. The highest BCUT2D eigenvalue weighted by Crippen LogP contribution is 2.26. The molecule has 0 aliphatic heterocycles. The fourth-order valence-corrected chi connectivity index (χ4v) is 2.26. The number of hydrogen-bond donors (Lipinski definition) is 2. The van der Waals surface area contributed by atoms with E-state index >= 15 is 0 Å². The standard InChI is InChI=1S/C17H12ClF3N4O2/c18-11-7-5-10(6-8-11)9-27-13-4-2-1-3-12(13)14(26)22-16-23-15(24-25-16)17(19,20)21/h1-8H,9H2,(H2,22,23,24,25,26). The molecular formula is C17H12ClF3N4O2. The molecule has 3 rings (SSSR count). The molecule has 2 N–H and O–H groups in total. The second kappa shape index (κ2) is 7.67. The third kappa shape index (κ3) is 4.76. The van der Waals surface area contributed by atoms with Crippen LogP contribution in [0.4, 0.5) is 19.1 Å². The summed E-state index contributed by atoms with van der Waals surface area (Å²) in [6.07, 6.45) is -4.68. The monoisotopic (exact) mass is 396 g/mol. The summed E-state index contributed by atoms with van der Waals surface area (Å²) < 4.78 is 43.3. The molecule has 1 amide bonds. The summed E-state index contributed by atoms with van der Waals surface area (Å²) in [5.74, 6) is -2.23. The van der Waals surface area contributed by atoms with Gasteiger partial charge in [-0.3, -0.25) is 15.2 Å². The number of benzene rings is 2. The average Bonchev–Trinajstić information content (AvgIpc) is 3.10. The smallest absolute Gasteiger partial charge is 0.451 e. The highest BCUT2D eigenvalue weighted by molar-refractivity contribution is 6.30. The van der Waals surface area contributed by atoms with Crippen molar-refractivity contribution in [1.82, 2.24) is 15.2 Å². The van der Waals surface area contributed by atoms with Crippen LogP contribution in [0.1, 0.15) is 21.7 Å². The zero-order chi connectivity index (χ0) is 19.4. The van der Waals surface area contributed by atoms with Crippen LogP contribution in [0.5, 0.6) is 5.75 Å². The van der Waals surface area contributed by atoms with Crippen LogP contribution in [-0.4, -0.2) is 21.1 Å². The SMILES string of the molecule is O=C(Nc1n[nH]c(C(F)(F)F)n1)c1ccccc1OCc1ccc(Cl)cc1. The largest absolute Gasteiger partial charge is 0.488 e. The summed E-state index contributed by atoms with van der Waals surface area (Å²) >= 11 is 5.82. The first-order valence-electron chi connectivity index (χ1n) is 7.60. The number of aromatic nitrogens is 3. The number of carbonyl (C=O) groups is 1. The Kier molecular flexibility index (Phi) is 5.31. The molecule has 1 aromatic heterocycles. The predicted octanol–water partition coefficient (Wildman–Crippen LogP) is 4.31. The van der Waals surface area contributed by atoms with Crippen LogP contribution >= 0.6 is 11.6 Å². The lowest BCUT2D eigenvalue weighted by atomic mass is 10.2. The summed E-state index contributed by atoms with van der Waals surface area (Å²) in [7, 11) is 0. The van der Waals surface area contributed by atoms with Gasteiger partial charge < -0.3 is 4.74 Å². The van der Waals surface area contributed by atoms with Crippen LogP contribution < -0.4 is 10.1 Å². The van der Waals surface area contributed by atoms with Gasteiger partial charge in [0.05, 0.1) is 5.56 Å². The van der Waals surface area contributed by atoms with Crippen LogP contribution in [0.25, 0.3) is 0 Å². The Hall–Kier alpha value is -3.07. The number of nitrogens with zero attached hydrogens (tertiary/aromatic N) is 2. The predicted molar refractivity (Wildman–Crippen MR) is 91.6 cm³/mol. The Morgan fingerprint density at radius 1 is 1.15 bits per heavy atom. The van der Waals surface area contributed by atoms with E-state index in [1.807, 2.05) is 0 Å². The van der Waals surface area contributed by atoms with Crippen molar-refractivity contribution < 1.29 is 22.7 Å². The van der Waals surface area contributed by atoms with E-state index in [1.165, 1.54) is 6.07 Å². The maximum atomic E-state index is 12.5. The molecule has 0 aliphatic rings. The Labute approximate surface area is 156 Å². The van der Waals surface area contributed by atoms with Crippen molar-refractivity contribution in [2.75, 3.05) is 5.32 Å². The van der Waals surface area contributed by atoms with E-state index in [4.69, 9.17) is 16.3 Å². The number of alkyl halides is 3. The fraction of sp³-hybridized carbons (Fsp3) is 0.118. The minimum atomic E-state index is -4.68. The van der Waals surface area contributed by atoms with Gasteiger partial charge in [-0.05, 0) is 29.8 Å². The van der Waals surface area contributed by atoms with Gasteiger partial charge in [-0.15, -0.1) is 5.10 Å². The molecule has 140 valence electrons. The second-order valence-corrected chi connectivity index (χ2v) is 5.81. The number of halogens is 4. The van der Waals surface area contributed by atoms with Gasteiger partial charge in [-0.2, -0.15) is 18.2 Å². The molecule has 3 aromatic rings. The molecule has 0 saturated heterocycles. The summed E-state index contributed by atoms with van der Waals surface area (Å²) in [4.78, 5) is 15.6. The summed E-state index contributed by atoms with van der Waals surface area (Å²) in [5, 5.41) is 7.86. The minimum Gasteiger partial charge on any atom is -0.488 e. The summed E-state index contributed by atoms with van der Waals surface area (Å²) in [5.41, 5.74) is 0.961. The quantitative estimate of drug-likeness (QED) is 0.673. The van der Waals surface area contributed by atoms with Crippen LogP contribution in [0.3, 0.4) is 0 Å². The molecule has 2 aromatic carbocycles. The lowest BCUT2D eigenvalue weighted by Crippen LogP contribution is -2.15. The molecule has 0 atom stereocenters. The van der Waals surface area contributed by atoms with E-state index in [-0.39, 0.29) is 17.9 Å². The molecule has 6 nitrogen and oxygen atoms in total. The van der Waals surface area contributed by atoms with E-state index in [9.17, 15) is 18.0 Å². The lowest BCUT2D eigenvalue weighted by Gasteiger charge is -2.11. The lowest BCUT2D eigenvalue weighted by molar-refractivity contribution is -0.144. The van der Waals surface area contributed by atoms with Gasteiger partial charge in [0.1, 0.15) is 12.4 Å². The number of nitrogens with one attached hydrogen (secondary N) is 2. The number of para-hydroxylation sites is 1. The highest BCUT2D eigenvalue weighted by Gasteiger charge is 2.35. The van der Waals surface area contributed by atoms with Crippen molar-refractivity contribution >= 4 is 23.5 Å². The van der Waals surface area contributed by atoms with Gasteiger partial charge in [-0.1, -0.05) is 35.9 Å². The third-order valence-corrected chi connectivity index (χ3v) is 3.67. The van der Waals surface area contributed by atoms with Crippen molar-refractivity contribution in [3.8, 4) is 5.75 Å². The summed E-state index contributed by atoms with van der Waals surface area (Å²) in [6, 6.07) is 13.3. The Morgan fingerprint density at radius 2 is 1.85 bits per heavy atom. The molecule has 0 unspecified atom stereocenters. The van der Waals surface area contributed by atoms with Gasteiger partial charge >= 0.3 is 6.18 Å². The molecule has 27 heavy (non-hydrogen) atoms. The van der Waals surface area contributed by atoms with Crippen LogP contribution in [0, 0.1) is 0 Å². The van der Waals surface area contributed by atoms with Gasteiger partial charge in [0.2, 0.25) is 11.8 Å². The van der Waals surface area contributed by atoms with E-state index in [0.29, 0.717) is 5.02 Å². The molecule has 0 radical (unpaired) electrons. The van der Waals surface area contributed by atoms with Gasteiger partial charge in [0.15, 0.2) is 0 Å². The maximum absolute atomic E-state index is 12.5. The molecule has 1 heterocycles. The number of ether oxygens (including phenoxy) is 1. The number of carbonyl (C=O) groups excluding carboxylic acids is 1. The van der Waals surface area contributed by atoms with E-state index in [0.717, 1.165) is 5.56 Å². The topological polar surface area (TPSA) is 79.9 Å². The molecular weight excluding hydrogens is 385 g/mol. The van der Waals surface area contributed by atoms with Crippen LogP contribution in [-0.2, 0) is 12.8 Å². The fourth-order valence-electron chi connectivity index (χ4n) is 2.14. The zero-order valence-corrected chi connectivity index (χ0v) is 14.3. The van der Waals surface area contributed by atoms with E-state index in [1.54, 1.807) is 47.6 Å². The third-order valence-electron chi connectivity index (χ3n) is 3.42. The van der Waals surface area contributed by atoms with E-state index < -0.39 is 23.9 Å². The van der Waals surface area contributed by atoms with Crippen LogP contribution in [0.15, 0.2) is 48.5 Å². The number of H-pyrrole nitrogens is 1. The normalized spacial score (nSPS) is 11.3.